The molecule has 6 nitrogen and oxygen atoms in total. The van der Waals surface area contributed by atoms with Gasteiger partial charge in [0.25, 0.3) is 0 Å². The zero-order chi connectivity index (χ0) is 19.7. The number of carboxylic acids is 1. The lowest BCUT2D eigenvalue weighted by Crippen LogP contribution is -2.07. The van der Waals surface area contributed by atoms with Crippen LogP contribution in [-0.4, -0.2) is 35.5 Å². The number of fused-ring (bicyclic) bond motifs is 1. The summed E-state index contributed by atoms with van der Waals surface area (Å²) in [5.74, 6) is -0.498. The number of carboxylic acid groups (broad SMARTS) is 1. The second-order valence-corrected chi connectivity index (χ2v) is 6.16. The van der Waals surface area contributed by atoms with Crippen molar-refractivity contribution in [3.8, 4) is 28.4 Å². The topological polar surface area (TPSA) is 96.2 Å². The monoisotopic (exact) mass is 368 g/mol. The molecule has 3 N–H and O–H groups in total. The van der Waals surface area contributed by atoms with Crippen LogP contribution in [0, 0.1) is 6.92 Å². The van der Waals surface area contributed by atoms with E-state index in [2.05, 4.69) is 0 Å². The first-order valence-corrected chi connectivity index (χ1v) is 8.27. The third-order valence-electron chi connectivity index (χ3n) is 4.58. The van der Waals surface area contributed by atoms with Crippen LogP contribution in [0.3, 0.4) is 0 Å². The van der Waals surface area contributed by atoms with Crippen molar-refractivity contribution < 1.29 is 29.6 Å². The maximum absolute atomic E-state index is 12.1. The predicted molar refractivity (Wildman–Crippen MR) is 102 cm³/mol. The Morgan fingerprint density at radius 1 is 1.00 bits per heavy atom. The van der Waals surface area contributed by atoms with Crippen LogP contribution in [0.4, 0.5) is 0 Å². The molecule has 3 rings (SSSR count). The van der Waals surface area contributed by atoms with E-state index < -0.39 is 12.6 Å². The summed E-state index contributed by atoms with van der Waals surface area (Å²) in [4.78, 5) is 12.1. The number of hydrogen-bond acceptors (Lipinski definition) is 5. The van der Waals surface area contributed by atoms with Crippen molar-refractivity contribution in [3.63, 3.8) is 0 Å². The van der Waals surface area contributed by atoms with Crippen LogP contribution < -0.4 is 9.47 Å². The highest BCUT2D eigenvalue weighted by Crippen LogP contribution is 2.43. The van der Waals surface area contributed by atoms with Gasteiger partial charge in [0.05, 0.1) is 26.4 Å². The molecule has 0 aromatic heterocycles. The van der Waals surface area contributed by atoms with Crippen LogP contribution in [0.5, 0.6) is 17.2 Å². The number of hydrogen-bond donors (Lipinski definition) is 3. The molecule has 6 heteroatoms. The maximum Gasteiger partial charge on any atom is 0.336 e. The lowest BCUT2D eigenvalue weighted by Gasteiger charge is -2.18. The van der Waals surface area contributed by atoms with Gasteiger partial charge in [0, 0.05) is 16.5 Å². The third-order valence-corrected chi connectivity index (χ3v) is 4.58. The van der Waals surface area contributed by atoms with Gasteiger partial charge in [0.1, 0.15) is 5.75 Å². The molecule has 0 saturated heterocycles. The van der Waals surface area contributed by atoms with E-state index >= 15 is 0 Å². The number of aliphatic hydroxyl groups excluding tert-OH is 1. The Labute approximate surface area is 156 Å². The van der Waals surface area contributed by atoms with Crippen LogP contribution in [0.25, 0.3) is 21.9 Å². The molecule has 3 aromatic rings. The molecule has 0 bridgehead atoms. The van der Waals surface area contributed by atoms with Crippen molar-refractivity contribution in [1.29, 1.82) is 0 Å². The van der Waals surface area contributed by atoms with Crippen molar-refractivity contribution in [2.24, 2.45) is 0 Å². The minimum Gasteiger partial charge on any atom is -0.507 e. The van der Waals surface area contributed by atoms with Gasteiger partial charge in [-0.2, -0.15) is 0 Å². The number of aromatic carboxylic acids is 1. The van der Waals surface area contributed by atoms with Crippen LogP contribution in [0.15, 0.2) is 36.4 Å². The summed E-state index contributed by atoms with van der Waals surface area (Å²) in [7, 11) is 3.02. The van der Waals surface area contributed by atoms with E-state index in [1.807, 2.05) is 19.1 Å². The molecule has 27 heavy (non-hydrogen) atoms. The molecule has 0 aliphatic carbocycles. The second-order valence-electron chi connectivity index (χ2n) is 6.16. The molecule has 0 aliphatic heterocycles. The van der Waals surface area contributed by atoms with Gasteiger partial charge in [-0.1, -0.05) is 29.8 Å². The summed E-state index contributed by atoms with van der Waals surface area (Å²) >= 11 is 0. The number of rotatable bonds is 5. The highest BCUT2D eigenvalue weighted by atomic mass is 16.5. The first-order valence-electron chi connectivity index (χ1n) is 8.27. The Morgan fingerprint density at radius 2 is 1.70 bits per heavy atom. The largest absolute Gasteiger partial charge is 0.507 e. The Bertz CT molecular complexity index is 1040. The summed E-state index contributed by atoms with van der Waals surface area (Å²) in [5, 5.41) is 31.2. The quantitative estimate of drug-likeness (QED) is 0.635. The van der Waals surface area contributed by atoms with Crippen LogP contribution >= 0.6 is 0 Å². The minimum atomic E-state index is -1.23. The summed E-state index contributed by atoms with van der Waals surface area (Å²) < 4.78 is 10.6. The fraction of sp³-hybridized carbons (Fsp3) is 0.190. The van der Waals surface area contributed by atoms with E-state index in [9.17, 15) is 20.1 Å². The molecule has 3 aromatic carbocycles. The number of phenols is 1. The zero-order valence-corrected chi connectivity index (χ0v) is 15.2. The molecule has 0 fully saturated rings. The van der Waals surface area contributed by atoms with Gasteiger partial charge in [-0.05, 0) is 30.0 Å². The first kappa shape index (κ1) is 18.5. The zero-order valence-electron chi connectivity index (χ0n) is 15.2. The van der Waals surface area contributed by atoms with Gasteiger partial charge in [0.2, 0.25) is 0 Å². The van der Waals surface area contributed by atoms with Crippen LogP contribution in [0.1, 0.15) is 21.5 Å². The van der Waals surface area contributed by atoms with Crippen molar-refractivity contribution in [1.82, 2.24) is 0 Å². The number of methoxy groups -OCH3 is 2. The van der Waals surface area contributed by atoms with E-state index in [0.29, 0.717) is 33.4 Å². The molecule has 0 saturated carbocycles. The van der Waals surface area contributed by atoms with Gasteiger partial charge >= 0.3 is 5.97 Å². The van der Waals surface area contributed by atoms with Crippen LogP contribution in [-0.2, 0) is 6.61 Å². The number of aryl methyl sites for hydroxylation is 1. The van der Waals surface area contributed by atoms with Gasteiger partial charge < -0.3 is 24.8 Å². The molecule has 140 valence electrons. The lowest BCUT2D eigenvalue weighted by atomic mass is 9.88. The minimum absolute atomic E-state index is 0.0244. The van der Waals surface area contributed by atoms with E-state index in [1.54, 1.807) is 24.3 Å². The average molecular weight is 368 g/mol. The molecule has 0 amide bonds. The molecule has 0 radical (unpaired) electrons. The van der Waals surface area contributed by atoms with Crippen molar-refractivity contribution in [2.75, 3.05) is 14.2 Å². The fourth-order valence-corrected chi connectivity index (χ4v) is 3.32. The highest BCUT2D eigenvalue weighted by molar-refractivity contribution is 6.11. The van der Waals surface area contributed by atoms with E-state index in [0.717, 1.165) is 5.56 Å². The molecular weight excluding hydrogens is 348 g/mol. The van der Waals surface area contributed by atoms with E-state index in [-0.39, 0.29) is 16.9 Å². The number of ether oxygens (including phenoxy) is 2. The SMILES string of the molecule is COc1ccc(-c2c(C(=O)O)c(CO)c(O)c3ccc(C)cc23)cc1OC. The van der Waals surface area contributed by atoms with Gasteiger partial charge in [-0.3, -0.25) is 0 Å². The summed E-state index contributed by atoms with van der Waals surface area (Å²) in [6, 6.07) is 10.4. The Balaban J connectivity index is 2.50. The van der Waals surface area contributed by atoms with Crippen LogP contribution in [0.2, 0.25) is 0 Å². The van der Waals surface area contributed by atoms with Crippen molar-refractivity contribution in [3.05, 3.63) is 53.1 Å². The standard InChI is InChI=1S/C21H20O6/c1-11-4-6-13-14(8-11)18(19(21(24)25)15(10-22)20(13)23)12-5-7-16(26-2)17(9-12)27-3/h4-9,22-23H,10H2,1-3H3,(H,24,25). The van der Waals surface area contributed by atoms with Gasteiger partial charge in [-0.15, -0.1) is 0 Å². The summed E-state index contributed by atoms with van der Waals surface area (Å²) in [6.45, 7) is 1.28. The van der Waals surface area contributed by atoms with Crippen molar-refractivity contribution in [2.45, 2.75) is 13.5 Å². The predicted octanol–water partition coefficient (Wildman–Crippen LogP) is 3.73. The molecule has 0 unspecified atom stereocenters. The second kappa shape index (κ2) is 7.17. The summed E-state index contributed by atoms with van der Waals surface area (Å²) in [5.41, 5.74) is 1.74. The first-order chi connectivity index (χ1) is 12.9. The Hall–Kier alpha value is -3.25. The maximum atomic E-state index is 12.1. The van der Waals surface area contributed by atoms with E-state index in [1.165, 1.54) is 14.2 Å². The third kappa shape index (κ3) is 3.04. The van der Waals surface area contributed by atoms with E-state index in [4.69, 9.17) is 9.47 Å². The number of benzene rings is 3. The highest BCUT2D eigenvalue weighted by Gasteiger charge is 2.25. The van der Waals surface area contributed by atoms with Gasteiger partial charge in [-0.25, -0.2) is 4.79 Å². The molecule has 0 spiro atoms. The fourth-order valence-electron chi connectivity index (χ4n) is 3.32. The average Bonchev–Trinajstić information content (AvgIpc) is 2.66. The Kier molecular flexibility index (Phi) is 4.92. The van der Waals surface area contributed by atoms with Crippen molar-refractivity contribution >= 4 is 16.7 Å². The number of aliphatic hydroxyl groups is 1. The molecular formula is C21H20O6. The normalized spacial score (nSPS) is 10.8. The molecule has 0 heterocycles. The number of aromatic hydroxyl groups is 1. The Morgan fingerprint density at radius 3 is 2.30 bits per heavy atom. The van der Waals surface area contributed by atoms with Gasteiger partial charge in [0.15, 0.2) is 11.5 Å². The lowest BCUT2D eigenvalue weighted by molar-refractivity contribution is 0.0693. The summed E-state index contributed by atoms with van der Waals surface area (Å²) in [6.07, 6.45) is 0. The smallest absolute Gasteiger partial charge is 0.336 e. The molecule has 0 aliphatic rings. The number of carbonyl (C=O) groups is 1. The molecule has 0 atom stereocenters.